The Kier molecular flexibility index (Phi) is 5.89. The molecule has 1 heterocycles. The second-order valence-corrected chi connectivity index (χ2v) is 8.17. The van der Waals surface area contributed by atoms with Gasteiger partial charge in [-0.2, -0.15) is 0 Å². The molecule has 2 atom stereocenters. The Labute approximate surface area is 139 Å². The van der Waals surface area contributed by atoms with Gasteiger partial charge in [-0.1, -0.05) is 6.07 Å². The molecule has 0 aromatic heterocycles. The monoisotopic (exact) mass is 362 g/mol. The summed E-state index contributed by atoms with van der Waals surface area (Å²) in [5, 5.41) is 2.67. The molecular formula is C15H20F2N2O4S. The van der Waals surface area contributed by atoms with E-state index in [9.17, 15) is 22.0 Å². The van der Waals surface area contributed by atoms with Crippen molar-refractivity contribution in [2.24, 2.45) is 5.92 Å². The summed E-state index contributed by atoms with van der Waals surface area (Å²) < 4.78 is 56.8. The summed E-state index contributed by atoms with van der Waals surface area (Å²) in [7, 11) is -0.539. The highest BCUT2D eigenvalue weighted by Crippen LogP contribution is 2.18. The number of nitrogens with one attached hydrogen (secondary N) is 1. The number of benzene rings is 1. The summed E-state index contributed by atoms with van der Waals surface area (Å²) in [4.78, 5) is 12.1. The average Bonchev–Trinajstić information content (AvgIpc) is 2.88. The van der Waals surface area contributed by atoms with Crippen molar-refractivity contribution in [3.63, 3.8) is 0 Å². The molecule has 1 N–H and O–H groups in total. The molecule has 1 aromatic rings. The first kappa shape index (κ1) is 18.8. The number of nitrogens with zero attached hydrogens (tertiary/aromatic N) is 1. The van der Waals surface area contributed by atoms with Crippen LogP contribution < -0.4 is 5.32 Å². The zero-order valence-corrected chi connectivity index (χ0v) is 14.3. The van der Waals surface area contributed by atoms with E-state index in [1.54, 1.807) is 0 Å². The molecule has 134 valence electrons. The minimum atomic E-state index is -3.42. The lowest BCUT2D eigenvalue weighted by Crippen LogP contribution is -2.44. The molecule has 1 amide bonds. The molecule has 0 aliphatic carbocycles. The lowest BCUT2D eigenvalue weighted by atomic mass is 10.1. The Morgan fingerprint density at radius 1 is 1.33 bits per heavy atom. The lowest BCUT2D eigenvalue weighted by Gasteiger charge is -2.21. The summed E-state index contributed by atoms with van der Waals surface area (Å²) in [6.07, 6.45) is -0.254. The maximum atomic E-state index is 13.6. The first-order valence-corrected chi connectivity index (χ1v) is 9.01. The standard InChI is InChI=1S/C15H20F2N2O4S/c1-19(2)24(21,22)9-11-7-23-8-14(11)18-15(20)5-10-3-4-12(16)6-13(10)17/h3-4,6,11,14H,5,7-9H2,1-2H3,(H,18,20)/t11-,14+/m0/s1. The van der Waals surface area contributed by atoms with Gasteiger partial charge in [0.05, 0.1) is 31.4 Å². The van der Waals surface area contributed by atoms with Crippen LogP contribution >= 0.6 is 0 Å². The van der Waals surface area contributed by atoms with E-state index in [0.29, 0.717) is 6.07 Å². The largest absolute Gasteiger partial charge is 0.379 e. The first-order chi connectivity index (χ1) is 11.2. The number of amides is 1. The van der Waals surface area contributed by atoms with Gasteiger partial charge in [-0.25, -0.2) is 21.5 Å². The van der Waals surface area contributed by atoms with Crippen LogP contribution in [-0.4, -0.2) is 57.7 Å². The summed E-state index contributed by atoms with van der Waals surface area (Å²) in [5.74, 6) is -2.49. The highest BCUT2D eigenvalue weighted by Gasteiger charge is 2.34. The van der Waals surface area contributed by atoms with E-state index < -0.39 is 33.6 Å². The first-order valence-electron chi connectivity index (χ1n) is 7.40. The van der Waals surface area contributed by atoms with Crippen LogP contribution in [0.4, 0.5) is 8.78 Å². The molecular weight excluding hydrogens is 342 g/mol. The molecule has 1 aliphatic rings. The van der Waals surface area contributed by atoms with Gasteiger partial charge in [0, 0.05) is 26.1 Å². The van der Waals surface area contributed by atoms with Crippen molar-refractivity contribution < 1.29 is 26.7 Å². The lowest BCUT2D eigenvalue weighted by molar-refractivity contribution is -0.121. The Bertz CT molecular complexity index is 709. The van der Waals surface area contributed by atoms with Crippen molar-refractivity contribution >= 4 is 15.9 Å². The molecule has 9 heteroatoms. The number of carbonyl (C=O) groups is 1. The van der Waals surface area contributed by atoms with Gasteiger partial charge in [-0.15, -0.1) is 0 Å². The van der Waals surface area contributed by atoms with Gasteiger partial charge in [-0.3, -0.25) is 4.79 Å². The van der Waals surface area contributed by atoms with Gasteiger partial charge >= 0.3 is 0 Å². The van der Waals surface area contributed by atoms with Gasteiger partial charge in [0.25, 0.3) is 0 Å². The second kappa shape index (κ2) is 7.54. The number of hydrogen-bond donors (Lipinski definition) is 1. The predicted octanol–water partition coefficient (Wildman–Crippen LogP) is 0.530. The molecule has 1 fully saturated rings. The van der Waals surface area contributed by atoms with Crippen molar-refractivity contribution in [3.05, 3.63) is 35.4 Å². The van der Waals surface area contributed by atoms with Crippen LogP contribution in [0.5, 0.6) is 0 Å². The Balaban J connectivity index is 1.97. The second-order valence-electron chi connectivity index (χ2n) is 5.94. The summed E-state index contributed by atoms with van der Waals surface area (Å²) in [5.41, 5.74) is 0.0743. The van der Waals surface area contributed by atoms with E-state index in [4.69, 9.17) is 4.74 Å². The number of carbonyl (C=O) groups excluding carboxylic acids is 1. The Morgan fingerprint density at radius 3 is 2.67 bits per heavy atom. The van der Waals surface area contributed by atoms with Crippen LogP contribution in [0.25, 0.3) is 0 Å². The topological polar surface area (TPSA) is 75.7 Å². The maximum Gasteiger partial charge on any atom is 0.224 e. The molecule has 2 rings (SSSR count). The molecule has 0 saturated carbocycles. The molecule has 0 spiro atoms. The van der Waals surface area contributed by atoms with Crippen molar-refractivity contribution in [2.75, 3.05) is 33.1 Å². The van der Waals surface area contributed by atoms with Crippen molar-refractivity contribution in [3.8, 4) is 0 Å². The van der Waals surface area contributed by atoms with Crippen molar-refractivity contribution in [1.29, 1.82) is 0 Å². The van der Waals surface area contributed by atoms with Crippen LogP contribution in [0.3, 0.4) is 0 Å². The van der Waals surface area contributed by atoms with E-state index in [1.807, 2.05) is 0 Å². The van der Waals surface area contributed by atoms with Crippen LogP contribution in [0.15, 0.2) is 18.2 Å². The minimum Gasteiger partial charge on any atom is -0.379 e. The van der Waals surface area contributed by atoms with Crippen molar-refractivity contribution in [2.45, 2.75) is 12.5 Å². The van der Waals surface area contributed by atoms with E-state index in [0.717, 1.165) is 10.4 Å². The summed E-state index contributed by atoms with van der Waals surface area (Å²) >= 11 is 0. The molecule has 6 nitrogen and oxygen atoms in total. The summed E-state index contributed by atoms with van der Waals surface area (Å²) in [6.45, 7) is 0.425. The number of sulfonamides is 1. The van der Waals surface area contributed by atoms with E-state index in [1.165, 1.54) is 20.2 Å². The smallest absolute Gasteiger partial charge is 0.224 e. The molecule has 24 heavy (non-hydrogen) atoms. The molecule has 0 bridgehead atoms. The van der Waals surface area contributed by atoms with Gasteiger partial charge in [-0.05, 0) is 11.6 Å². The third-order valence-electron chi connectivity index (χ3n) is 3.89. The third-order valence-corrected chi connectivity index (χ3v) is 5.85. The van der Waals surface area contributed by atoms with E-state index in [2.05, 4.69) is 5.32 Å². The molecule has 1 saturated heterocycles. The zero-order valence-electron chi connectivity index (χ0n) is 13.5. The minimum absolute atomic E-state index is 0.0743. The fourth-order valence-corrected chi connectivity index (χ4v) is 3.61. The fraction of sp³-hybridized carbons (Fsp3) is 0.533. The van der Waals surface area contributed by atoms with E-state index in [-0.39, 0.29) is 36.9 Å². The van der Waals surface area contributed by atoms with Gasteiger partial charge in [0.15, 0.2) is 0 Å². The highest BCUT2D eigenvalue weighted by atomic mass is 32.2. The van der Waals surface area contributed by atoms with Crippen molar-refractivity contribution in [1.82, 2.24) is 9.62 Å². The summed E-state index contributed by atoms with van der Waals surface area (Å²) in [6, 6.07) is 2.55. The van der Waals surface area contributed by atoms with Crippen LogP contribution in [0.1, 0.15) is 5.56 Å². The predicted molar refractivity (Wildman–Crippen MR) is 83.8 cm³/mol. The normalized spacial score (nSPS) is 21.2. The number of ether oxygens (including phenoxy) is 1. The highest BCUT2D eigenvalue weighted by molar-refractivity contribution is 7.89. The Hall–Kier alpha value is -1.58. The number of hydrogen-bond acceptors (Lipinski definition) is 4. The van der Waals surface area contributed by atoms with Crippen LogP contribution in [-0.2, 0) is 26.0 Å². The Morgan fingerprint density at radius 2 is 2.04 bits per heavy atom. The SMILES string of the molecule is CN(C)S(=O)(=O)C[C@@H]1COC[C@H]1NC(=O)Cc1ccc(F)cc1F. The third kappa shape index (κ3) is 4.71. The van der Waals surface area contributed by atoms with Gasteiger partial charge in [0.1, 0.15) is 11.6 Å². The van der Waals surface area contributed by atoms with E-state index >= 15 is 0 Å². The van der Waals surface area contributed by atoms with Crippen LogP contribution in [0, 0.1) is 17.6 Å². The molecule has 0 radical (unpaired) electrons. The number of rotatable bonds is 6. The van der Waals surface area contributed by atoms with Crippen LogP contribution in [0.2, 0.25) is 0 Å². The van der Waals surface area contributed by atoms with Gasteiger partial charge in [0.2, 0.25) is 15.9 Å². The molecule has 1 aromatic carbocycles. The number of halogens is 2. The fourth-order valence-electron chi connectivity index (χ4n) is 2.44. The average molecular weight is 362 g/mol. The van der Waals surface area contributed by atoms with Gasteiger partial charge < -0.3 is 10.1 Å². The maximum absolute atomic E-state index is 13.6. The quantitative estimate of drug-likeness (QED) is 0.801. The molecule has 1 aliphatic heterocycles. The zero-order chi connectivity index (χ0) is 17.9. The molecule has 0 unspecified atom stereocenters.